The molecule has 0 bridgehead atoms. The monoisotopic (exact) mass is 394 g/mol. The van der Waals surface area contributed by atoms with Gasteiger partial charge >= 0.3 is 0 Å². The van der Waals surface area contributed by atoms with Crippen LogP contribution in [0.3, 0.4) is 0 Å². The van der Waals surface area contributed by atoms with E-state index in [4.69, 9.17) is 0 Å². The van der Waals surface area contributed by atoms with E-state index < -0.39 is 17.8 Å². The van der Waals surface area contributed by atoms with E-state index in [-0.39, 0.29) is 36.0 Å². The highest BCUT2D eigenvalue weighted by Crippen LogP contribution is 2.49. The molecule has 5 rings (SSSR count). The molecule has 29 heavy (non-hydrogen) atoms. The molecule has 3 atom stereocenters. The van der Waals surface area contributed by atoms with E-state index in [1.54, 1.807) is 21.9 Å². The van der Waals surface area contributed by atoms with Crippen molar-refractivity contribution in [2.75, 3.05) is 18.1 Å². The first-order valence-electron chi connectivity index (χ1n) is 10.2. The molecule has 3 aliphatic rings. The fourth-order valence-electron chi connectivity index (χ4n) is 5.02. The number of halogens is 1. The van der Waals surface area contributed by atoms with E-state index in [1.807, 2.05) is 24.3 Å². The van der Waals surface area contributed by atoms with Gasteiger partial charge in [0.1, 0.15) is 5.82 Å². The van der Waals surface area contributed by atoms with Crippen molar-refractivity contribution in [3.63, 3.8) is 0 Å². The van der Waals surface area contributed by atoms with E-state index in [0.29, 0.717) is 6.54 Å². The number of carbonyl (C=O) groups excluding carboxylic acids is 2. The Hall–Kier alpha value is -2.73. The Bertz CT molecular complexity index is 974. The van der Waals surface area contributed by atoms with Crippen LogP contribution < -0.4 is 4.90 Å². The molecule has 2 fully saturated rings. The predicted molar refractivity (Wildman–Crippen MR) is 106 cm³/mol. The zero-order chi connectivity index (χ0) is 20.1. The second-order valence-electron chi connectivity index (χ2n) is 8.17. The zero-order valence-corrected chi connectivity index (χ0v) is 16.0. The maximum absolute atomic E-state index is 14.2. The number of para-hydroxylation sites is 1. The highest BCUT2D eigenvalue weighted by molar-refractivity contribution is 5.99. The largest absolute Gasteiger partial charge is 0.394 e. The van der Waals surface area contributed by atoms with E-state index in [9.17, 15) is 19.1 Å². The molecular weight excluding hydrogens is 371 g/mol. The first kappa shape index (κ1) is 18.3. The third kappa shape index (κ3) is 2.69. The van der Waals surface area contributed by atoms with E-state index in [1.165, 1.54) is 12.1 Å². The molecule has 1 saturated carbocycles. The molecule has 2 aromatic carbocycles. The number of hydrogen-bond acceptors (Lipinski definition) is 3. The minimum atomic E-state index is -0.573. The van der Waals surface area contributed by atoms with E-state index in [0.717, 1.165) is 30.5 Å². The maximum atomic E-state index is 14.2. The number of benzene rings is 2. The standard InChI is InChI=1S/C23H23FN2O3/c24-17-10-3-1-8-15(17)23(29)26-19-12-25(22(28)14-6-5-7-14)18-11-4-2-9-16(18)21(19)20(26)13-27/h1-4,8-11,14,19-21,27H,5-7,12-13H2/t19-,20-,21+/m1/s1. The number of hydrogen-bond donors (Lipinski definition) is 1. The molecular formula is C23H23FN2O3. The van der Waals surface area contributed by atoms with Crippen LogP contribution in [0.25, 0.3) is 0 Å². The number of aliphatic hydroxyl groups is 1. The summed E-state index contributed by atoms with van der Waals surface area (Å²) in [5.74, 6) is -0.913. The van der Waals surface area contributed by atoms with Crippen LogP contribution in [0, 0.1) is 11.7 Å². The SMILES string of the molecule is O=C(C1CCC1)N1C[C@@H]2[C@H](c3ccccc31)[C@@H](CO)N2C(=O)c1ccccc1F. The van der Waals surface area contributed by atoms with Gasteiger partial charge < -0.3 is 14.9 Å². The first-order valence-corrected chi connectivity index (χ1v) is 10.2. The quantitative estimate of drug-likeness (QED) is 0.871. The molecule has 2 heterocycles. The highest BCUT2D eigenvalue weighted by atomic mass is 19.1. The van der Waals surface area contributed by atoms with Gasteiger partial charge in [-0.05, 0) is 36.6 Å². The van der Waals surface area contributed by atoms with Crippen molar-refractivity contribution in [2.45, 2.75) is 37.3 Å². The Balaban J connectivity index is 1.52. The van der Waals surface area contributed by atoms with Crippen molar-refractivity contribution in [1.82, 2.24) is 4.90 Å². The summed E-state index contributed by atoms with van der Waals surface area (Å²) >= 11 is 0. The molecule has 1 saturated heterocycles. The normalized spacial score (nSPS) is 25.5. The molecule has 150 valence electrons. The summed E-state index contributed by atoms with van der Waals surface area (Å²) < 4.78 is 14.2. The van der Waals surface area contributed by atoms with Gasteiger partial charge in [0.15, 0.2) is 0 Å². The number of anilines is 1. The topological polar surface area (TPSA) is 60.9 Å². The van der Waals surface area contributed by atoms with Crippen LogP contribution >= 0.6 is 0 Å². The lowest BCUT2D eigenvalue weighted by Gasteiger charge is -2.59. The van der Waals surface area contributed by atoms with Crippen LogP contribution in [0.15, 0.2) is 48.5 Å². The minimum absolute atomic E-state index is 0.000119. The fourth-order valence-corrected chi connectivity index (χ4v) is 5.02. The van der Waals surface area contributed by atoms with Crippen molar-refractivity contribution < 1.29 is 19.1 Å². The summed E-state index contributed by atoms with van der Waals surface area (Å²) in [6, 6.07) is 13.0. The third-order valence-corrected chi connectivity index (χ3v) is 6.75. The molecule has 2 aliphatic heterocycles. The molecule has 2 amide bonds. The summed E-state index contributed by atoms with van der Waals surface area (Å²) in [6.45, 7) is 0.181. The molecule has 0 aromatic heterocycles. The highest BCUT2D eigenvalue weighted by Gasteiger charge is 2.56. The molecule has 0 unspecified atom stereocenters. The lowest BCUT2D eigenvalue weighted by molar-refractivity contribution is -0.125. The Morgan fingerprint density at radius 1 is 1.07 bits per heavy atom. The Morgan fingerprint density at radius 2 is 1.79 bits per heavy atom. The van der Waals surface area contributed by atoms with E-state index >= 15 is 0 Å². The van der Waals surface area contributed by atoms with Gasteiger partial charge in [0.25, 0.3) is 5.91 Å². The number of likely N-dealkylation sites (tertiary alicyclic amines) is 1. The van der Waals surface area contributed by atoms with Gasteiger partial charge in [-0.3, -0.25) is 9.59 Å². The van der Waals surface area contributed by atoms with Gasteiger partial charge in [-0.25, -0.2) is 4.39 Å². The average Bonchev–Trinajstić information content (AvgIpc) is 2.67. The van der Waals surface area contributed by atoms with Gasteiger partial charge in [-0.1, -0.05) is 36.8 Å². The Labute approximate surface area is 168 Å². The third-order valence-electron chi connectivity index (χ3n) is 6.75. The number of nitrogens with zero attached hydrogens (tertiary/aromatic N) is 2. The van der Waals surface area contributed by atoms with Gasteiger partial charge in [-0.2, -0.15) is 0 Å². The second kappa shape index (κ2) is 6.95. The van der Waals surface area contributed by atoms with Crippen molar-refractivity contribution in [3.8, 4) is 0 Å². The average molecular weight is 394 g/mol. The van der Waals surface area contributed by atoms with Gasteiger partial charge in [0.05, 0.1) is 24.3 Å². The number of carbonyl (C=O) groups is 2. The summed E-state index contributed by atoms with van der Waals surface area (Å²) in [5, 5.41) is 10.0. The smallest absolute Gasteiger partial charge is 0.257 e. The lowest BCUT2D eigenvalue weighted by atomic mass is 9.71. The zero-order valence-electron chi connectivity index (χ0n) is 16.0. The van der Waals surface area contributed by atoms with E-state index in [2.05, 4.69) is 0 Å². The number of rotatable bonds is 3. The van der Waals surface area contributed by atoms with Crippen LogP contribution in [-0.4, -0.2) is 47.1 Å². The van der Waals surface area contributed by atoms with Crippen LogP contribution in [0.5, 0.6) is 0 Å². The Kier molecular flexibility index (Phi) is 4.39. The molecule has 0 spiro atoms. The molecule has 5 nitrogen and oxygen atoms in total. The molecule has 6 heteroatoms. The predicted octanol–water partition coefficient (Wildman–Crippen LogP) is 2.94. The summed E-state index contributed by atoms with van der Waals surface area (Å²) in [6.07, 6.45) is 2.88. The van der Waals surface area contributed by atoms with Crippen molar-refractivity contribution in [2.24, 2.45) is 5.92 Å². The lowest BCUT2D eigenvalue weighted by Crippen LogP contribution is -2.71. The van der Waals surface area contributed by atoms with Gasteiger partial charge in [-0.15, -0.1) is 0 Å². The minimum Gasteiger partial charge on any atom is -0.394 e. The summed E-state index contributed by atoms with van der Waals surface area (Å²) in [7, 11) is 0. The molecule has 1 N–H and O–H groups in total. The Morgan fingerprint density at radius 3 is 2.48 bits per heavy atom. The summed E-state index contributed by atoms with van der Waals surface area (Å²) in [4.78, 5) is 29.6. The van der Waals surface area contributed by atoms with Crippen LogP contribution in [0.1, 0.15) is 41.1 Å². The molecule has 2 aromatic rings. The van der Waals surface area contributed by atoms with Crippen molar-refractivity contribution in [3.05, 3.63) is 65.5 Å². The van der Waals surface area contributed by atoms with Crippen molar-refractivity contribution in [1.29, 1.82) is 0 Å². The van der Waals surface area contributed by atoms with Crippen LogP contribution in [0.2, 0.25) is 0 Å². The van der Waals surface area contributed by atoms with Crippen LogP contribution in [-0.2, 0) is 4.79 Å². The molecule has 0 radical (unpaired) electrons. The number of fused-ring (bicyclic) bond motifs is 3. The van der Waals surface area contributed by atoms with Crippen molar-refractivity contribution >= 4 is 17.5 Å². The number of amides is 2. The fraction of sp³-hybridized carbons (Fsp3) is 0.391. The molecule has 1 aliphatic carbocycles. The second-order valence-corrected chi connectivity index (χ2v) is 8.17. The van der Waals surface area contributed by atoms with Crippen LogP contribution in [0.4, 0.5) is 10.1 Å². The maximum Gasteiger partial charge on any atom is 0.257 e. The van der Waals surface area contributed by atoms with Gasteiger partial charge in [0, 0.05) is 24.1 Å². The first-order chi connectivity index (χ1) is 14.1. The number of aliphatic hydroxyl groups excluding tert-OH is 1. The van der Waals surface area contributed by atoms with Gasteiger partial charge in [0.2, 0.25) is 5.91 Å². The summed E-state index contributed by atoms with van der Waals surface area (Å²) in [5.41, 5.74) is 1.86.